The highest BCUT2D eigenvalue weighted by molar-refractivity contribution is 9.13. The minimum Gasteiger partial charge on any atom is -0.369 e. The van der Waals surface area contributed by atoms with Gasteiger partial charge < -0.3 is 5.73 Å². The van der Waals surface area contributed by atoms with E-state index in [9.17, 15) is 0 Å². The van der Waals surface area contributed by atoms with Crippen LogP contribution in [0.1, 0.15) is 5.56 Å². The molecule has 0 fully saturated rings. The summed E-state index contributed by atoms with van der Waals surface area (Å²) in [5.41, 5.74) is 8.29. The van der Waals surface area contributed by atoms with Crippen LogP contribution < -0.4 is 11.2 Å². The third kappa shape index (κ3) is 3.58. The lowest BCUT2D eigenvalue weighted by atomic mass is 10.2. The molecule has 1 rings (SSSR count). The zero-order chi connectivity index (χ0) is 11.4. The molecule has 80 valence electrons. The van der Waals surface area contributed by atoms with Gasteiger partial charge in [-0.3, -0.25) is 5.41 Å². The summed E-state index contributed by atoms with van der Waals surface area (Å²) in [5, 5.41) is 10.7. The van der Waals surface area contributed by atoms with Crippen molar-refractivity contribution < 1.29 is 0 Å². The van der Waals surface area contributed by atoms with Gasteiger partial charge in [0.05, 0.1) is 6.21 Å². The van der Waals surface area contributed by atoms with Gasteiger partial charge >= 0.3 is 0 Å². The fourth-order valence-corrected chi connectivity index (χ4v) is 2.32. The number of hydrogen-bond acceptors (Lipinski definition) is 2. The molecule has 7 heteroatoms. The molecule has 4 N–H and O–H groups in total. The summed E-state index contributed by atoms with van der Waals surface area (Å²) in [7, 11) is 0. The molecule has 1 aromatic carbocycles. The zero-order valence-electron chi connectivity index (χ0n) is 7.39. The summed E-state index contributed by atoms with van der Waals surface area (Å²) >= 11 is 10.2. The van der Waals surface area contributed by atoms with Gasteiger partial charge in [-0.1, -0.05) is 15.9 Å². The van der Waals surface area contributed by atoms with Crippen LogP contribution in [-0.4, -0.2) is 12.2 Å². The summed E-state index contributed by atoms with van der Waals surface area (Å²) in [6.07, 6.45) is 1.57. The van der Waals surface area contributed by atoms with Gasteiger partial charge in [-0.05, 0) is 44.0 Å². The Labute approximate surface area is 112 Å². The maximum Gasteiger partial charge on any atom is 0.206 e. The zero-order valence-corrected chi connectivity index (χ0v) is 12.1. The van der Waals surface area contributed by atoms with E-state index in [4.69, 9.17) is 11.1 Å². The van der Waals surface area contributed by atoms with Crippen LogP contribution in [-0.2, 0) is 0 Å². The number of benzene rings is 1. The molecule has 0 saturated carbocycles. The smallest absolute Gasteiger partial charge is 0.206 e. The molecule has 1 aromatic rings. The van der Waals surface area contributed by atoms with Crippen LogP contribution in [0.25, 0.3) is 0 Å². The number of nitrogens with two attached hydrogens (primary N) is 1. The van der Waals surface area contributed by atoms with Crippen molar-refractivity contribution in [3.05, 3.63) is 31.1 Å². The van der Waals surface area contributed by atoms with Gasteiger partial charge in [0.25, 0.3) is 0 Å². The van der Waals surface area contributed by atoms with E-state index in [1.165, 1.54) is 0 Å². The van der Waals surface area contributed by atoms with E-state index in [2.05, 4.69) is 58.3 Å². The number of halogens is 3. The third-order valence-corrected chi connectivity index (χ3v) is 4.20. The lowest BCUT2D eigenvalue weighted by molar-refractivity contribution is 1.00. The van der Waals surface area contributed by atoms with Crippen LogP contribution >= 0.6 is 47.8 Å². The number of hydrazone groups is 1. The average Bonchev–Trinajstić information content (AvgIpc) is 2.17. The molecule has 0 atom stereocenters. The van der Waals surface area contributed by atoms with Gasteiger partial charge in [0, 0.05) is 19.0 Å². The van der Waals surface area contributed by atoms with Crippen molar-refractivity contribution in [3.8, 4) is 0 Å². The topological polar surface area (TPSA) is 74.3 Å². The number of rotatable bonds is 2. The van der Waals surface area contributed by atoms with E-state index < -0.39 is 0 Å². The van der Waals surface area contributed by atoms with Crippen LogP contribution in [0, 0.1) is 5.41 Å². The first-order chi connectivity index (χ1) is 7.02. The Morgan fingerprint density at radius 3 is 2.53 bits per heavy atom. The molecular formula is C8H7Br3N4. The average molecular weight is 399 g/mol. The molecule has 0 saturated heterocycles. The molecule has 0 radical (unpaired) electrons. The predicted molar refractivity (Wildman–Crippen MR) is 72.2 cm³/mol. The van der Waals surface area contributed by atoms with Crippen molar-refractivity contribution in [2.75, 3.05) is 0 Å². The van der Waals surface area contributed by atoms with Gasteiger partial charge in [0.1, 0.15) is 0 Å². The molecular weight excluding hydrogens is 392 g/mol. The van der Waals surface area contributed by atoms with Crippen molar-refractivity contribution in [2.24, 2.45) is 10.8 Å². The fraction of sp³-hybridized carbons (Fsp3) is 0. The van der Waals surface area contributed by atoms with Gasteiger partial charge in [-0.25, -0.2) is 5.43 Å². The summed E-state index contributed by atoms with van der Waals surface area (Å²) in [4.78, 5) is 0. The molecule has 15 heavy (non-hydrogen) atoms. The van der Waals surface area contributed by atoms with Crippen LogP contribution in [0.3, 0.4) is 0 Å². The van der Waals surface area contributed by atoms with E-state index in [0.29, 0.717) is 0 Å². The van der Waals surface area contributed by atoms with Crippen molar-refractivity contribution in [3.63, 3.8) is 0 Å². The highest BCUT2D eigenvalue weighted by Gasteiger charge is 2.05. The van der Waals surface area contributed by atoms with Crippen molar-refractivity contribution >= 4 is 60.0 Å². The predicted octanol–water partition coefficient (Wildman–Crippen LogP) is 2.79. The fourth-order valence-electron chi connectivity index (χ4n) is 0.827. The summed E-state index contributed by atoms with van der Waals surface area (Å²) < 4.78 is 2.70. The van der Waals surface area contributed by atoms with Crippen molar-refractivity contribution in [1.82, 2.24) is 5.43 Å². The minimum atomic E-state index is -0.200. The Kier molecular flexibility index (Phi) is 4.75. The van der Waals surface area contributed by atoms with Gasteiger partial charge in [-0.15, -0.1) is 0 Å². The molecule has 0 aliphatic rings. The quantitative estimate of drug-likeness (QED) is 0.310. The standard InChI is InChI=1S/C8H7Br3N4/c9-5-1-2-6(10)7(11)4(5)3-14-15-8(12)13/h1-3H,(H4,12,13,15)/b14-3+. The second-order valence-electron chi connectivity index (χ2n) is 2.54. The molecule has 0 aliphatic heterocycles. The number of guanidine groups is 1. The number of hydrogen-bond donors (Lipinski definition) is 3. The Balaban J connectivity index is 2.98. The van der Waals surface area contributed by atoms with Crippen molar-refractivity contribution in [2.45, 2.75) is 0 Å². The lowest BCUT2D eigenvalue weighted by Crippen LogP contribution is -2.25. The Hall–Kier alpha value is -0.400. The number of nitrogens with zero attached hydrogens (tertiary/aromatic N) is 1. The second-order valence-corrected chi connectivity index (χ2v) is 5.04. The largest absolute Gasteiger partial charge is 0.369 e. The Bertz CT molecular complexity index is 417. The van der Waals surface area contributed by atoms with Crippen molar-refractivity contribution in [1.29, 1.82) is 5.41 Å². The van der Waals surface area contributed by atoms with E-state index in [1.807, 2.05) is 12.1 Å². The monoisotopic (exact) mass is 396 g/mol. The molecule has 0 spiro atoms. The molecule has 0 amide bonds. The maximum absolute atomic E-state index is 6.93. The molecule has 0 heterocycles. The van der Waals surface area contributed by atoms with E-state index in [-0.39, 0.29) is 5.96 Å². The summed E-state index contributed by atoms with van der Waals surface area (Å²) in [6, 6.07) is 3.80. The highest BCUT2D eigenvalue weighted by atomic mass is 79.9. The van der Waals surface area contributed by atoms with E-state index in [1.54, 1.807) is 6.21 Å². The SMILES string of the molecule is N=C(N)N/N=C/c1c(Br)ccc(Br)c1Br. The Morgan fingerprint density at radius 2 is 1.93 bits per heavy atom. The summed E-state index contributed by atoms with van der Waals surface area (Å²) in [5.74, 6) is -0.200. The second kappa shape index (κ2) is 5.62. The van der Waals surface area contributed by atoms with E-state index >= 15 is 0 Å². The van der Waals surface area contributed by atoms with Crippen LogP contribution in [0.2, 0.25) is 0 Å². The minimum absolute atomic E-state index is 0.200. The molecule has 0 aromatic heterocycles. The van der Waals surface area contributed by atoms with Crippen LogP contribution in [0.4, 0.5) is 0 Å². The summed E-state index contributed by atoms with van der Waals surface area (Å²) in [6.45, 7) is 0. The molecule has 0 aliphatic carbocycles. The lowest BCUT2D eigenvalue weighted by Gasteiger charge is -2.03. The first-order valence-corrected chi connectivity index (χ1v) is 6.17. The Morgan fingerprint density at radius 1 is 1.33 bits per heavy atom. The number of nitrogens with one attached hydrogen (secondary N) is 2. The third-order valence-electron chi connectivity index (χ3n) is 1.46. The van der Waals surface area contributed by atoms with Crippen LogP contribution in [0.15, 0.2) is 30.7 Å². The maximum atomic E-state index is 6.93. The molecule has 4 nitrogen and oxygen atoms in total. The van der Waals surface area contributed by atoms with Gasteiger partial charge in [0.15, 0.2) is 0 Å². The van der Waals surface area contributed by atoms with E-state index in [0.717, 1.165) is 19.0 Å². The molecule has 0 bridgehead atoms. The normalized spacial score (nSPS) is 10.6. The van der Waals surface area contributed by atoms with Gasteiger partial charge in [-0.2, -0.15) is 5.10 Å². The first-order valence-electron chi connectivity index (χ1n) is 3.79. The molecule has 0 unspecified atom stereocenters. The highest BCUT2D eigenvalue weighted by Crippen LogP contribution is 2.30. The van der Waals surface area contributed by atoms with Gasteiger partial charge in [0.2, 0.25) is 5.96 Å². The first kappa shape index (κ1) is 12.7. The van der Waals surface area contributed by atoms with Crippen LogP contribution in [0.5, 0.6) is 0 Å².